The summed E-state index contributed by atoms with van der Waals surface area (Å²) in [4.78, 5) is 21.4. The van der Waals surface area contributed by atoms with Crippen molar-refractivity contribution >= 4 is 5.91 Å². The molecule has 6 heteroatoms. The van der Waals surface area contributed by atoms with Gasteiger partial charge in [-0.3, -0.25) is 9.69 Å². The summed E-state index contributed by atoms with van der Waals surface area (Å²) in [5.74, 6) is 0.398. The Bertz CT molecular complexity index is 866. The Morgan fingerprint density at radius 2 is 2.04 bits per heavy atom. The largest absolute Gasteiger partial charge is 0.481 e. The van der Waals surface area contributed by atoms with Gasteiger partial charge >= 0.3 is 0 Å². The summed E-state index contributed by atoms with van der Waals surface area (Å²) in [6, 6.07) is 9.02. The van der Waals surface area contributed by atoms with Gasteiger partial charge < -0.3 is 9.64 Å². The van der Waals surface area contributed by atoms with Crippen molar-refractivity contribution < 1.29 is 13.9 Å². The van der Waals surface area contributed by atoms with Crippen LogP contribution in [0.5, 0.6) is 5.88 Å². The summed E-state index contributed by atoms with van der Waals surface area (Å²) in [5.41, 5.74) is 3.49. The first kappa shape index (κ1) is 17.9. The van der Waals surface area contributed by atoms with E-state index in [1.165, 1.54) is 12.1 Å². The van der Waals surface area contributed by atoms with Crippen molar-refractivity contribution in [1.82, 2.24) is 14.8 Å². The second-order valence-corrected chi connectivity index (χ2v) is 7.50. The van der Waals surface area contributed by atoms with Gasteiger partial charge in [0.2, 0.25) is 5.88 Å². The molecule has 1 aromatic carbocycles. The first-order valence-corrected chi connectivity index (χ1v) is 9.35. The molecule has 2 aliphatic rings. The van der Waals surface area contributed by atoms with E-state index in [1.807, 2.05) is 36.9 Å². The third-order valence-electron chi connectivity index (χ3n) is 5.53. The Morgan fingerprint density at radius 1 is 1.30 bits per heavy atom. The van der Waals surface area contributed by atoms with Crippen LogP contribution in [0.4, 0.5) is 4.39 Å². The summed E-state index contributed by atoms with van der Waals surface area (Å²) < 4.78 is 18.7. The first-order valence-electron chi connectivity index (χ1n) is 9.35. The molecule has 0 N–H and O–H groups in total. The molecule has 2 aromatic rings. The van der Waals surface area contributed by atoms with Gasteiger partial charge in [0, 0.05) is 30.7 Å². The fourth-order valence-electron chi connectivity index (χ4n) is 3.89. The molecule has 27 heavy (non-hydrogen) atoms. The summed E-state index contributed by atoms with van der Waals surface area (Å²) >= 11 is 0. The highest BCUT2D eigenvalue weighted by molar-refractivity contribution is 5.98. The van der Waals surface area contributed by atoms with Crippen molar-refractivity contribution in [2.75, 3.05) is 13.7 Å². The fraction of sp³-hybridized carbons (Fsp3) is 0.429. The summed E-state index contributed by atoms with van der Waals surface area (Å²) in [6.07, 6.45) is 1.03. The third kappa shape index (κ3) is 3.18. The number of nitrogens with zero attached hydrogens (tertiary/aromatic N) is 3. The number of methoxy groups -OCH3 is 1. The van der Waals surface area contributed by atoms with Gasteiger partial charge in [-0.25, -0.2) is 9.37 Å². The minimum absolute atomic E-state index is 0.0371. The van der Waals surface area contributed by atoms with E-state index in [0.29, 0.717) is 24.5 Å². The number of carbonyl (C=O) groups excluding carboxylic acids is 1. The standard InChI is InChI=1S/C21H24FN3O2/c1-13(2)25-12-18-17(21(25)26)10-15(20(23-18)27-3)11-24-9-8-19(24)14-4-6-16(22)7-5-14/h4-7,10,13,19H,8-9,11-12H2,1-3H3. The van der Waals surface area contributed by atoms with Crippen LogP contribution in [0, 0.1) is 5.82 Å². The monoisotopic (exact) mass is 369 g/mol. The predicted molar refractivity (Wildman–Crippen MR) is 100.0 cm³/mol. The van der Waals surface area contributed by atoms with Crippen LogP contribution in [0.3, 0.4) is 0 Å². The quantitative estimate of drug-likeness (QED) is 0.809. The SMILES string of the molecule is COc1nc2c(cc1CN1CCC1c1ccc(F)cc1)C(=O)N(C(C)C)C2. The van der Waals surface area contributed by atoms with E-state index in [4.69, 9.17) is 4.74 Å². The summed E-state index contributed by atoms with van der Waals surface area (Å²) in [7, 11) is 1.61. The summed E-state index contributed by atoms with van der Waals surface area (Å²) in [5, 5.41) is 0. The average molecular weight is 369 g/mol. The number of fused-ring (bicyclic) bond motifs is 1. The molecule has 0 saturated carbocycles. The normalized spacial score (nSPS) is 19.4. The van der Waals surface area contributed by atoms with E-state index in [0.717, 1.165) is 29.8 Å². The highest BCUT2D eigenvalue weighted by Crippen LogP contribution is 2.37. The number of likely N-dealkylation sites (tertiary alicyclic amines) is 1. The maximum atomic E-state index is 13.2. The maximum absolute atomic E-state index is 13.2. The molecule has 3 heterocycles. The number of hydrogen-bond acceptors (Lipinski definition) is 4. The maximum Gasteiger partial charge on any atom is 0.256 e. The van der Waals surface area contributed by atoms with Crippen LogP contribution in [0.15, 0.2) is 30.3 Å². The zero-order chi connectivity index (χ0) is 19.1. The number of rotatable bonds is 5. The molecule has 0 aliphatic carbocycles. The topological polar surface area (TPSA) is 45.7 Å². The number of carbonyl (C=O) groups is 1. The molecular formula is C21H24FN3O2. The lowest BCUT2D eigenvalue weighted by Crippen LogP contribution is -2.40. The Balaban J connectivity index is 1.58. The Hall–Kier alpha value is -2.47. The first-order chi connectivity index (χ1) is 13.0. The number of pyridine rings is 1. The highest BCUT2D eigenvalue weighted by Gasteiger charge is 2.34. The zero-order valence-electron chi connectivity index (χ0n) is 15.9. The van der Waals surface area contributed by atoms with E-state index < -0.39 is 0 Å². The van der Waals surface area contributed by atoms with Crippen molar-refractivity contribution in [3.05, 3.63) is 58.5 Å². The minimum atomic E-state index is -0.220. The Labute approximate surface area is 158 Å². The number of ether oxygens (including phenoxy) is 1. The molecule has 1 aromatic heterocycles. The second-order valence-electron chi connectivity index (χ2n) is 7.50. The van der Waals surface area contributed by atoms with E-state index in [2.05, 4.69) is 9.88 Å². The van der Waals surface area contributed by atoms with Crippen molar-refractivity contribution in [3.63, 3.8) is 0 Å². The summed E-state index contributed by atoms with van der Waals surface area (Å²) in [6.45, 7) is 6.16. The van der Waals surface area contributed by atoms with Crippen molar-refractivity contribution in [3.8, 4) is 5.88 Å². The number of halogens is 1. The molecule has 1 fully saturated rings. The number of hydrogen-bond donors (Lipinski definition) is 0. The van der Waals surface area contributed by atoms with Crippen molar-refractivity contribution in [2.24, 2.45) is 0 Å². The minimum Gasteiger partial charge on any atom is -0.481 e. The van der Waals surface area contributed by atoms with Crippen molar-refractivity contribution in [1.29, 1.82) is 0 Å². The van der Waals surface area contributed by atoms with Gasteiger partial charge in [-0.15, -0.1) is 0 Å². The van der Waals surface area contributed by atoms with E-state index >= 15 is 0 Å². The molecule has 1 amide bonds. The molecule has 1 unspecified atom stereocenters. The number of benzene rings is 1. The van der Waals surface area contributed by atoms with Gasteiger partial charge in [0.15, 0.2) is 0 Å². The average Bonchev–Trinajstić information content (AvgIpc) is 2.96. The Kier molecular flexibility index (Phi) is 4.60. The lowest BCUT2D eigenvalue weighted by atomic mass is 9.94. The molecule has 0 radical (unpaired) electrons. The van der Waals surface area contributed by atoms with Crippen LogP contribution in [-0.2, 0) is 13.1 Å². The van der Waals surface area contributed by atoms with Gasteiger partial charge in [0.1, 0.15) is 5.82 Å². The third-order valence-corrected chi connectivity index (χ3v) is 5.53. The molecule has 0 spiro atoms. The number of amides is 1. The molecule has 1 saturated heterocycles. The smallest absolute Gasteiger partial charge is 0.256 e. The van der Waals surface area contributed by atoms with Crippen LogP contribution < -0.4 is 4.74 Å². The van der Waals surface area contributed by atoms with E-state index in [-0.39, 0.29) is 23.8 Å². The molecule has 2 aliphatic heterocycles. The van der Waals surface area contributed by atoms with Crippen LogP contribution in [0.1, 0.15) is 53.5 Å². The second kappa shape index (κ2) is 6.93. The van der Waals surface area contributed by atoms with E-state index in [9.17, 15) is 9.18 Å². The van der Waals surface area contributed by atoms with Crippen LogP contribution in [-0.4, -0.2) is 40.4 Å². The van der Waals surface area contributed by atoms with Crippen LogP contribution >= 0.6 is 0 Å². The molecular weight excluding hydrogens is 345 g/mol. The molecule has 0 bridgehead atoms. The van der Waals surface area contributed by atoms with E-state index in [1.54, 1.807) is 7.11 Å². The van der Waals surface area contributed by atoms with Gasteiger partial charge in [-0.05, 0) is 44.0 Å². The van der Waals surface area contributed by atoms with Gasteiger partial charge in [0.25, 0.3) is 5.91 Å². The lowest BCUT2D eigenvalue weighted by Gasteiger charge is -2.41. The predicted octanol–water partition coefficient (Wildman–Crippen LogP) is 3.54. The highest BCUT2D eigenvalue weighted by atomic mass is 19.1. The molecule has 4 rings (SSSR count). The fourth-order valence-corrected chi connectivity index (χ4v) is 3.89. The van der Waals surface area contributed by atoms with Crippen LogP contribution in [0.25, 0.3) is 0 Å². The van der Waals surface area contributed by atoms with Crippen LogP contribution in [0.2, 0.25) is 0 Å². The van der Waals surface area contributed by atoms with Crippen molar-refractivity contribution in [2.45, 2.75) is 45.4 Å². The number of aromatic nitrogens is 1. The van der Waals surface area contributed by atoms with Gasteiger partial charge in [-0.2, -0.15) is 0 Å². The van der Waals surface area contributed by atoms with Gasteiger partial charge in [-0.1, -0.05) is 12.1 Å². The lowest BCUT2D eigenvalue weighted by molar-refractivity contribution is 0.0729. The Morgan fingerprint density at radius 3 is 2.63 bits per heavy atom. The molecule has 142 valence electrons. The molecule has 5 nitrogen and oxygen atoms in total. The molecule has 1 atom stereocenters. The van der Waals surface area contributed by atoms with Gasteiger partial charge in [0.05, 0.1) is 24.9 Å². The zero-order valence-corrected chi connectivity index (χ0v) is 15.9.